The van der Waals surface area contributed by atoms with Crippen LogP contribution in [0.4, 0.5) is 0 Å². The van der Waals surface area contributed by atoms with E-state index >= 15 is 0 Å². The molecule has 0 aliphatic heterocycles. The maximum absolute atomic E-state index is 5.21. The highest BCUT2D eigenvalue weighted by Gasteiger charge is 2.61. The average molecular weight is 825 g/mol. The van der Waals surface area contributed by atoms with Crippen molar-refractivity contribution in [2.75, 3.05) is 0 Å². The minimum absolute atomic E-state index is 0.0475. The fourth-order valence-electron chi connectivity index (χ4n) is 12.3. The van der Waals surface area contributed by atoms with Crippen LogP contribution in [0.3, 0.4) is 0 Å². The highest BCUT2D eigenvalue weighted by Crippen LogP contribution is 2.70. The van der Waals surface area contributed by atoms with Gasteiger partial charge in [-0.05, 0) is 95.2 Å². The molecule has 64 heavy (non-hydrogen) atoms. The summed E-state index contributed by atoms with van der Waals surface area (Å²) in [6.07, 6.45) is 6.63. The van der Waals surface area contributed by atoms with E-state index in [0.717, 1.165) is 45.2 Å². The van der Waals surface area contributed by atoms with Crippen LogP contribution in [0.1, 0.15) is 43.2 Å². The first-order chi connectivity index (χ1) is 31.7. The third kappa shape index (κ3) is 6.00. The maximum atomic E-state index is 5.21. The van der Waals surface area contributed by atoms with E-state index < -0.39 is 0 Å². The second-order valence-corrected chi connectivity index (χ2v) is 18.3. The predicted molar refractivity (Wildman–Crippen MR) is 255 cm³/mol. The van der Waals surface area contributed by atoms with Crippen LogP contribution in [0.5, 0.6) is 0 Å². The molecule has 0 N–H and O–H groups in total. The van der Waals surface area contributed by atoms with Crippen molar-refractivity contribution in [2.45, 2.75) is 37.5 Å². The largest absolute Gasteiger partial charge is 0.208 e. The van der Waals surface area contributed by atoms with Gasteiger partial charge in [0.05, 0.1) is 0 Å². The molecule has 0 amide bonds. The number of hydrogen-bond acceptors (Lipinski definition) is 6. The van der Waals surface area contributed by atoms with Gasteiger partial charge in [0, 0.05) is 38.8 Å². The first-order valence-electron chi connectivity index (χ1n) is 22.8. The molecule has 4 bridgehead atoms. The van der Waals surface area contributed by atoms with Crippen molar-refractivity contribution in [3.05, 3.63) is 193 Å². The van der Waals surface area contributed by atoms with Crippen molar-refractivity contribution in [3.63, 3.8) is 0 Å². The summed E-state index contributed by atoms with van der Waals surface area (Å²) in [5.41, 5.74) is 14.0. The molecule has 6 nitrogen and oxygen atoms in total. The second-order valence-electron chi connectivity index (χ2n) is 18.3. The third-order valence-electron chi connectivity index (χ3n) is 14.8. The van der Waals surface area contributed by atoms with Crippen molar-refractivity contribution in [3.8, 4) is 90.6 Å². The smallest absolute Gasteiger partial charge is 0.164 e. The van der Waals surface area contributed by atoms with Crippen molar-refractivity contribution < 1.29 is 0 Å². The SMILES string of the molecule is c1ccc(-c2nc(-c3ccccc3)nc(-c3ccc(-c4cccc5c4-c4ccc(-c6nc(-c7ccccc7)nc(-c7ccccc7)n6)cc4C54C5CC6CC(C5)CC4C6)cc3)n2)cc1. The van der Waals surface area contributed by atoms with E-state index in [9.17, 15) is 0 Å². The Labute approximate surface area is 373 Å². The Morgan fingerprint density at radius 2 is 0.672 bits per heavy atom. The van der Waals surface area contributed by atoms with E-state index in [1.54, 1.807) is 0 Å². The van der Waals surface area contributed by atoms with Crippen LogP contribution in [0.15, 0.2) is 182 Å². The lowest BCUT2D eigenvalue weighted by Gasteiger charge is -2.61. The van der Waals surface area contributed by atoms with Crippen molar-refractivity contribution in [1.29, 1.82) is 0 Å². The van der Waals surface area contributed by atoms with E-state index in [4.69, 9.17) is 29.9 Å². The standard InChI is InChI=1S/C58H44N6/c1-5-14-39(15-6-1)52-59-53(40-16-7-2-8-17-40)62-56(61-52)43-26-24-38(25-27-43)47-22-13-23-49-51(47)48-29-28-44(35-50(48)58(49)45-31-36-30-37(33-45)34-46(58)32-36)57-63-54(41-18-9-3-10-19-41)60-55(64-57)42-20-11-4-12-21-42/h1-29,35-37,45-46H,30-34H2. The summed E-state index contributed by atoms with van der Waals surface area (Å²) < 4.78 is 0. The molecule has 7 aromatic carbocycles. The van der Waals surface area contributed by atoms with E-state index in [1.165, 1.54) is 65.5 Å². The number of fused-ring (bicyclic) bond motifs is 3. The molecular weight excluding hydrogens is 781 g/mol. The fourth-order valence-corrected chi connectivity index (χ4v) is 12.3. The molecule has 2 aromatic heterocycles. The third-order valence-corrected chi connectivity index (χ3v) is 14.8. The molecule has 306 valence electrons. The Balaban J connectivity index is 0.950. The zero-order valence-corrected chi connectivity index (χ0v) is 35.3. The van der Waals surface area contributed by atoms with Gasteiger partial charge in [0.15, 0.2) is 34.9 Å². The molecule has 0 atom stereocenters. The van der Waals surface area contributed by atoms with Gasteiger partial charge in [-0.15, -0.1) is 0 Å². The van der Waals surface area contributed by atoms with Gasteiger partial charge in [-0.1, -0.05) is 176 Å². The van der Waals surface area contributed by atoms with Gasteiger partial charge in [-0.25, -0.2) is 29.9 Å². The lowest BCUT2D eigenvalue weighted by molar-refractivity contribution is -0.0399. The molecule has 2 heterocycles. The Morgan fingerprint density at radius 3 is 1.11 bits per heavy atom. The number of benzene rings is 7. The monoisotopic (exact) mass is 824 g/mol. The van der Waals surface area contributed by atoms with Gasteiger partial charge in [0.2, 0.25) is 0 Å². The zero-order chi connectivity index (χ0) is 42.2. The highest BCUT2D eigenvalue weighted by atomic mass is 15.0. The first kappa shape index (κ1) is 37.1. The van der Waals surface area contributed by atoms with Gasteiger partial charge >= 0.3 is 0 Å². The molecule has 9 aromatic rings. The lowest BCUT2D eigenvalue weighted by atomic mass is 9.43. The summed E-state index contributed by atoms with van der Waals surface area (Å²) >= 11 is 0. The first-order valence-corrected chi connectivity index (χ1v) is 22.8. The summed E-state index contributed by atoms with van der Waals surface area (Å²) in [6.45, 7) is 0. The molecule has 0 radical (unpaired) electrons. The van der Waals surface area contributed by atoms with Crippen LogP contribution in [0, 0.1) is 23.7 Å². The van der Waals surface area contributed by atoms with Crippen molar-refractivity contribution in [1.82, 2.24) is 29.9 Å². The molecule has 0 saturated heterocycles. The minimum atomic E-state index is -0.0475. The van der Waals surface area contributed by atoms with Crippen LogP contribution in [0.2, 0.25) is 0 Å². The van der Waals surface area contributed by atoms with Crippen LogP contribution in [-0.4, -0.2) is 29.9 Å². The molecule has 4 fully saturated rings. The van der Waals surface area contributed by atoms with Gasteiger partial charge < -0.3 is 0 Å². The van der Waals surface area contributed by atoms with E-state index in [-0.39, 0.29) is 5.41 Å². The molecule has 5 aliphatic rings. The van der Waals surface area contributed by atoms with Crippen molar-refractivity contribution >= 4 is 0 Å². The molecule has 6 heteroatoms. The lowest BCUT2D eigenvalue weighted by Crippen LogP contribution is -2.55. The van der Waals surface area contributed by atoms with E-state index in [1.807, 2.05) is 72.8 Å². The quantitative estimate of drug-likeness (QED) is 0.159. The Kier molecular flexibility index (Phi) is 8.61. The number of nitrogens with zero attached hydrogens (tertiary/aromatic N) is 6. The molecule has 0 unspecified atom stereocenters. The number of aromatic nitrogens is 6. The van der Waals surface area contributed by atoms with E-state index in [0.29, 0.717) is 46.8 Å². The summed E-state index contributed by atoms with van der Waals surface area (Å²) in [5.74, 6) is 6.97. The van der Waals surface area contributed by atoms with Gasteiger partial charge in [-0.3, -0.25) is 0 Å². The molecule has 14 rings (SSSR count). The van der Waals surface area contributed by atoms with Crippen LogP contribution in [-0.2, 0) is 5.41 Å². The van der Waals surface area contributed by atoms with Gasteiger partial charge in [0.25, 0.3) is 0 Å². The maximum Gasteiger partial charge on any atom is 0.164 e. The van der Waals surface area contributed by atoms with Gasteiger partial charge in [-0.2, -0.15) is 0 Å². The molecule has 5 aliphatic carbocycles. The summed E-state index contributed by atoms with van der Waals surface area (Å²) in [5, 5.41) is 0. The molecular formula is C58H44N6. The topological polar surface area (TPSA) is 77.3 Å². The van der Waals surface area contributed by atoms with Gasteiger partial charge in [0.1, 0.15) is 0 Å². The number of rotatable bonds is 7. The second kappa shape index (κ2) is 14.8. The predicted octanol–water partition coefficient (Wildman–Crippen LogP) is 13.4. The average Bonchev–Trinajstić information content (AvgIpc) is 3.66. The highest BCUT2D eigenvalue weighted by molar-refractivity contribution is 5.94. The Morgan fingerprint density at radius 1 is 0.297 bits per heavy atom. The Bertz CT molecular complexity index is 3060. The molecule has 1 spiro atoms. The summed E-state index contributed by atoms with van der Waals surface area (Å²) in [4.78, 5) is 30.4. The zero-order valence-electron chi connectivity index (χ0n) is 35.3. The number of hydrogen-bond donors (Lipinski definition) is 0. The summed E-state index contributed by atoms with van der Waals surface area (Å²) in [6, 6.07) is 64.1. The minimum Gasteiger partial charge on any atom is -0.208 e. The van der Waals surface area contributed by atoms with Crippen LogP contribution < -0.4 is 0 Å². The van der Waals surface area contributed by atoms with Crippen molar-refractivity contribution in [2.24, 2.45) is 23.7 Å². The summed E-state index contributed by atoms with van der Waals surface area (Å²) in [7, 11) is 0. The fraction of sp³-hybridized carbons (Fsp3) is 0.172. The van der Waals surface area contributed by atoms with Crippen LogP contribution in [0.25, 0.3) is 90.6 Å². The molecule has 4 saturated carbocycles. The Hall–Kier alpha value is -7.44. The van der Waals surface area contributed by atoms with E-state index in [2.05, 4.69) is 109 Å². The van der Waals surface area contributed by atoms with Crippen LogP contribution >= 0.6 is 0 Å². The normalized spacial score (nSPS) is 21.2.